The molecule has 1 heterocycles. The Balaban J connectivity index is 2.35. The fourth-order valence-electron chi connectivity index (χ4n) is 2.10. The number of carbonyl (C=O) groups is 1. The number of hydrogen-bond acceptors (Lipinski definition) is 7. The van der Waals surface area contributed by atoms with Gasteiger partial charge in [0.2, 0.25) is 10.0 Å². The van der Waals surface area contributed by atoms with Crippen LogP contribution in [0.3, 0.4) is 0 Å². The lowest BCUT2D eigenvalue weighted by atomic mass is 10.2. The maximum absolute atomic E-state index is 12.4. The molecule has 2 atom stereocenters. The number of nitrogens with two attached hydrogens (primary N) is 1. The number of β-amino-alcohol motifs (C(OH)–C–C–N with tert-alkyl or cyclic N) is 2. The van der Waals surface area contributed by atoms with Crippen LogP contribution in [0.25, 0.3) is 0 Å². The Kier molecular flexibility index (Phi) is 4.19. The van der Waals surface area contributed by atoms with Crippen molar-refractivity contribution >= 4 is 21.7 Å². The van der Waals surface area contributed by atoms with E-state index in [2.05, 4.69) is 4.74 Å². The highest BCUT2D eigenvalue weighted by Crippen LogP contribution is 2.26. The number of carbonyl (C=O) groups excluding carboxylic acids is 1. The van der Waals surface area contributed by atoms with E-state index in [4.69, 9.17) is 5.73 Å². The minimum absolute atomic E-state index is 0.103. The van der Waals surface area contributed by atoms with E-state index in [0.29, 0.717) is 0 Å². The Labute approximate surface area is 121 Å². The van der Waals surface area contributed by atoms with Crippen molar-refractivity contribution in [2.24, 2.45) is 0 Å². The summed E-state index contributed by atoms with van der Waals surface area (Å²) in [5.41, 5.74) is 5.73. The van der Waals surface area contributed by atoms with Gasteiger partial charge in [0.25, 0.3) is 0 Å². The van der Waals surface area contributed by atoms with E-state index < -0.39 is 28.2 Å². The number of nitrogens with zero attached hydrogens (tertiary/aromatic N) is 1. The first kappa shape index (κ1) is 15.7. The molecule has 2 rings (SSSR count). The summed E-state index contributed by atoms with van der Waals surface area (Å²) in [6.45, 7) is -0.413. The van der Waals surface area contributed by atoms with Gasteiger partial charge in [-0.05, 0) is 18.2 Å². The highest BCUT2D eigenvalue weighted by molar-refractivity contribution is 7.89. The molecule has 1 saturated heterocycles. The van der Waals surface area contributed by atoms with Crippen molar-refractivity contribution in [1.29, 1.82) is 0 Å². The summed E-state index contributed by atoms with van der Waals surface area (Å²) in [5, 5.41) is 18.9. The molecule has 116 valence electrons. The molecule has 0 unspecified atom stereocenters. The average Bonchev–Trinajstić information content (AvgIpc) is 2.78. The lowest BCUT2D eigenvalue weighted by Crippen LogP contribution is -2.30. The summed E-state index contributed by atoms with van der Waals surface area (Å²) in [7, 11) is -2.74. The van der Waals surface area contributed by atoms with E-state index in [9.17, 15) is 23.4 Å². The van der Waals surface area contributed by atoms with Crippen molar-refractivity contribution in [2.75, 3.05) is 25.9 Å². The smallest absolute Gasteiger partial charge is 0.337 e. The van der Waals surface area contributed by atoms with Crippen LogP contribution in [0.5, 0.6) is 0 Å². The van der Waals surface area contributed by atoms with Crippen LogP contribution in [0, 0.1) is 0 Å². The second-order valence-corrected chi connectivity index (χ2v) is 6.61. The van der Waals surface area contributed by atoms with Crippen LogP contribution < -0.4 is 5.73 Å². The van der Waals surface area contributed by atoms with Crippen molar-refractivity contribution in [3.63, 3.8) is 0 Å². The van der Waals surface area contributed by atoms with Gasteiger partial charge in [-0.25, -0.2) is 13.2 Å². The third-order valence-electron chi connectivity index (χ3n) is 3.27. The maximum atomic E-state index is 12.4. The molecular weight excluding hydrogens is 300 g/mol. The Morgan fingerprint density at radius 3 is 2.38 bits per heavy atom. The second kappa shape index (κ2) is 5.60. The number of sulfonamides is 1. The first-order valence-electron chi connectivity index (χ1n) is 6.11. The van der Waals surface area contributed by atoms with Gasteiger partial charge < -0.3 is 20.7 Å². The molecule has 21 heavy (non-hydrogen) atoms. The summed E-state index contributed by atoms with van der Waals surface area (Å²) < 4.78 is 30.3. The molecule has 0 aromatic heterocycles. The summed E-state index contributed by atoms with van der Waals surface area (Å²) in [6, 6.07) is 3.70. The molecule has 0 aliphatic carbocycles. The van der Waals surface area contributed by atoms with Gasteiger partial charge >= 0.3 is 5.97 Å². The third-order valence-corrected chi connectivity index (χ3v) is 5.18. The fourth-order valence-corrected chi connectivity index (χ4v) is 3.67. The molecular formula is C12H16N2O6S. The normalized spacial score (nSPS) is 23.2. The van der Waals surface area contributed by atoms with E-state index in [1.807, 2.05) is 0 Å². The van der Waals surface area contributed by atoms with Crippen LogP contribution in [0.15, 0.2) is 23.1 Å². The van der Waals surface area contributed by atoms with E-state index in [0.717, 1.165) is 4.31 Å². The summed E-state index contributed by atoms with van der Waals surface area (Å²) >= 11 is 0. The number of hydrogen-bond donors (Lipinski definition) is 3. The van der Waals surface area contributed by atoms with E-state index in [-0.39, 0.29) is 29.2 Å². The first-order valence-corrected chi connectivity index (χ1v) is 7.55. The molecule has 0 saturated carbocycles. The van der Waals surface area contributed by atoms with Crippen LogP contribution >= 0.6 is 0 Å². The molecule has 0 amide bonds. The van der Waals surface area contributed by atoms with Gasteiger partial charge in [0, 0.05) is 13.1 Å². The van der Waals surface area contributed by atoms with Crippen molar-refractivity contribution in [1.82, 2.24) is 4.31 Å². The number of ether oxygens (including phenoxy) is 1. The molecule has 0 spiro atoms. The van der Waals surface area contributed by atoms with Gasteiger partial charge in [-0.2, -0.15) is 4.31 Å². The number of rotatable bonds is 3. The molecule has 1 aromatic rings. The number of methoxy groups -OCH3 is 1. The minimum Gasteiger partial charge on any atom is -0.465 e. The van der Waals surface area contributed by atoms with Crippen molar-refractivity contribution < 1.29 is 28.2 Å². The quantitative estimate of drug-likeness (QED) is 0.471. The SMILES string of the molecule is COC(=O)c1ccc(S(=O)(=O)N2C[C@@H](O)[C@@H](O)C2)c(N)c1. The Morgan fingerprint density at radius 2 is 1.90 bits per heavy atom. The fraction of sp³-hybridized carbons (Fsp3) is 0.417. The lowest BCUT2D eigenvalue weighted by molar-refractivity contribution is 0.0572. The Bertz CT molecular complexity index is 650. The predicted octanol–water partition coefficient (Wildman–Crippen LogP) is -1.22. The Hall–Kier alpha value is -1.68. The molecule has 9 heteroatoms. The predicted molar refractivity (Wildman–Crippen MR) is 73.0 cm³/mol. The summed E-state index contributed by atoms with van der Waals surface area (Å²) in [5.74, 6) is -0.627. The van der Waals surface area contributed by atoms with Gasteiger partial charge in [0.05, 0.1) is 30.6 Å². The summed E-state index contributed by atoms with van der Waals surface area (Å²) in [6.07, 6.45) is -2.26. The number of anilines is 1. The van der Waals surface area contributed by atoms with Gasteiger partial charge in [0.15, 0.2) is 0 Å². The molecule has 4 N–H and O–H groups in total. The monoisotopic (exact) mass is 316 g/mol. The highest BCUT2D eigenvalue weighted by Gasteiger charge is 2.38. The van der Waals surface area contributed by atoms with Crippen LogP contribution in [-0.4, -0.2) is 61.3 Å². The zero-order chi connectivity index (χ0) is 15.8. The second-order valence-electron chi connectivity index (χ2n) is 4.70. The van der Waals surface area contributed by atoms with Crippen LogP contribution in [0.1, 0.15) is 10.4 Å². The summed E-state index contributed by atoms with van der Waals surface area (Å²) in [4.78, 5) is 11.2. The molecule has 0 radical (unpaired) electrons. The van der Waals surface area contributed by atoms with Crippen LogP contribution in [0.4, 0.5) is 5.69 Å². The average molecular weight is 316 g/mol. The minimum atomic E-state index is -3.95. The van der Waals surface area contributed by atoms with Crippen LogP contribution in [-0.2, 0) is 14.8 Å². The standard InChI is InChI=1S/C12H16N2O6S/c1-20-12(17)7-2-3-11(8(13)4-7)21(18,19)14-5-9(15)10(16)6-14/h2-4,9-10,15-16H,5-6,13H2,1H3/t9-,10+. The number of aliphatic hydroxyl groups is 2. The number of aliphatic hydroxyl groups excluding tert-OH is 2. The lowest BCUT2D eigenvalue weighted by Gasteiger charge is -2.17. The van der Waals surface area contributed by atoms with E-state index in [1.54, 1.807) is 0 Å². The zero-order valence-electron chi connectivity index (χ0n) is 11.3. The van der Waals surface area contributed by atoms with Gasteiger partial charge in [-0.3, -0.25) is 0 Å². The van der Waals surface area contributed by atoms with Gasteiger partial charge in [-0.1, -0.05) is 0 Å². The maximum Gasteiger partial charge on any atom is 0.337 e. The largest absolute Gasteiger partial charge is 0.465 e. The highest BCUT2D eigenvalue weighted by atomic mass is 32.2. The van der Waals surface area contributed by atoms with Gasteiger partial charge in [0.1, 0.15) is 4.90 Å². The zero-order valence-corrected chi connectivity index (χ0v) is 12.1. The topological polar surface area (TPSA) is 130 Å². The molecule has 1 aromatic carbocycles. The van der Waals surface area contributed by atoms with Crippen molar-refractivity contribution in [3.8, 4) is 0 Å². The molecule has 1 aliphatic heterocycles. The first-order chi connectivity index (χ1) is 9.77. The van der Waals surface area contributed by atoms with Crippen LogP contribution in [0.2, 0.25) is 0 Å². The number of nitrogen functional groups attached to an aromatic ring is 1. The molecule has 1 aliphatic rings. The van der Waals surface area contributed by atoms with E-state index >= 15 is 0 Å². The number of esters is 1. The Morgan fingerprint density at radius 1 is 1.33 bits per heavy atom. The van der Waals surface area contributed by atoms with Crippen molar-refractivity contribution in [2.45, 2.75) is 17.1 Å². The molecule has 8 nitrogen and oxygen atoms in total. The third kappa shape index (κ3) is 2.86. The molecule has 1 fully saturated rings. The van der Waals surface area contributed by atoms with Gasteiger partial charge in [-0.15, -0.1) is 0 Å². The number of benzene rings is 1. The molecule has 0 bridgehead atoms. The van der Waals surface area contributed by atoms with E-state index in [1.165, 1.54) is 25.3 Å². The van der Waals surface area contributed by atoms with Crippen molar-refractivity contribution in [3.05, 3.63) is 23.8 Å².